The highest BCUT2D eigenvalue weighted by molar-refractivity contribution is 5.86. The molecule has 192 valence electrons. The normalized spacial score (nSPS) is 11.3. The number of hydrogen-bond acceptors (Lipinski definition) is 1. The summed E-state index contributed by atoms with van der Waals surface area (Å²) in [4.78, 5) is 0. The molecule has 4 aromatic carbocycles. The van der Waals surface area contributed by atoms with Gasteiger partial charge in [-0.3, -0.25) is 0 Å². The van der Waals surface area contributed by atoms with Gasteiger partial charge in [-0.25, -0.2) is 0 Å². The highest BCUT2D eigenvalue weighted by Gasteiger charge is 2.45. The van der Waals surface area contributed by atoms with E-state index in [1.807, 2.05) is 55.4 Å². The molecule has 0 saturated carbocycles. The molecule has 1 aliphatic rings. The van der Waals surface area contributed by atoms with Crippen molar-refractivity contribution in [3.63, 3.8) is 0 Å². The van der Waals surface area contributed by atoms with Crippen LogP contribution in [0.2, 0.25) is 0 Å². The van der Waals surface area contributed by atoms with Crippen LogP contribution in [0, 0.1) is 6.92 Å². The SMILES string of the molecule is CC.CC.CC.CC.COc1ccc(C2(c3ccc(C)cc3)c3ccccc3-c3ccccc32)cc1. The number of aryl methyl sites for hydroxylation is 1. The second-order valence-corrected chi connectivity index (χ2v) is 7.44. The van der Waals surface area contributed by atoms with Gasteiger partial charge in [0, 0.05) is 0 Å². The Kier molecular flexibility index (Phi) is 13.3. The molecule has 0 bridgehead atoms. The molecule has 0 aliphatic heterocycles. The van der Waals surface area contributed by atoms with E-state index in [1.54, 1.807) is 7.11 Å². The molecule has 0 amide bonds. The van der Waals surface area contributed by atoms with Gasteiger partial charge in [-0.05, 0) is 52.4 Å². The van der Waals surface area contributed by atoms with Crippen LogP contribution in [0.4, 0.5) is 0 Å². The molecule has 0 radical (unpaired) electrons. The van der Waals surface area contributed by atoms with Crippen molar-refractivity contribution in [1.82, 2.24) is 0 Å². The predicted octanol–water partition coefficient (Wildman–Crippen LogP) is 10.5. The molecule has 0 heterocycles. The van der Waals surface area contributed by atoms with Gasteiger partial charge in [0.1, 0.15) is 5.75 Å². The molecule has 0 atom stereocenters. The number of benzene rings is 4. The second-order valence-electron chi connectivity index (χ2n) is 7.44. The van der Waals surface area contributed by atoms with Gasteiger partial charge in [-0.15, -0.1) is 0 Å². The molecule has 1 aliphatic carbocycles. The van der Waals surface area contributed by atoms with E-state index in [0.29, 0.717) is 0 Å². The Morgan fingerprint density at radius 2 is 0.833 bits per heavy atom. The smallest absolute Gasteiger partial charge is 0.118 e. The van der Waals surface area contributed by atoms with E-state index in [0.717, 1.165) is 5.75 Å². The van der Waals surface area contributed by atoms with E-state index in [2.05, 4.69) is 104 Å². The monoisotopic (exact) mass is 482 g/mol. The fourth-order valence-electron chi connectivity index (χ4n) is 4.67. The van der Waals surface area contributed by atoms with Crippen LogP contribution in [0.25, 0.3) is 11.1 Å². The van der Waals surface area contributed by atoms with E-state index in [-0.39, 0.29) is 5.41 Å². The molecule has 36 heavy (non-hydrogen) atoms. The average molecular weight is 483 g/mol. The highest BCUT2D eigenvalue weighted by atomic mass is 16.5. The van der Waals surface area contributed by atoms with Crippen molar-refractivity contribution < 1.29 is 4.74 Å². The van der Waals surface area contributed by atoms with Crippen LogP contribution in [-0.2, 0) is 5.41 Å². The minimum absolute atomic E-state index is 0.326. The van der Waals surface area contributed by atoms with Gasteiger partial charge in [0.25, 0.3) is 0 Å². The summed E-state index contributed by atoms with van der Waals surface area (Å²) in [5.74, 6) is 0.877. The quantitative estimate of drug-likeness (QED) is 0.248. The molecule has 4 aromatic rings. The third-order valence-electron chi connectivity index (χ3n) is 5.96. The maximum atomic E-state index is 5.43. The molecule has 0 N–H and O–H groups in total. The molecular formula is C35H46O. The second kappa shape index (κ2) is 15.6. The van der Waals surface area contributed by atoms with Crippen LogP contribution in [0.5, 0.6) is 5.75 Å². The van der Waals surface area contributed by atoms with E-state index in [9.17, 15) is 0 Å². The Bertz CT molecular complexity index is 1090. The number of rotatable bonds is 3. The van der Waals surface area contributed by atoms with Crippen molar-refractivity contribution >= 4 is 0 Å². The number of methoxy groups -OCH3 is 1. The van der Waals surface area contributed by atoms with Gasteiger partial charge in [0.2, 0.25) is 0 Å². The molecule has 5 rings (SSSR count). The molecule has 0 saturated heterocycles. The largest absolute Gasteiger partial charge is 0.497 e. The van der Waals surface area contributed by atoms with Crippen LogP contribution in [-0.4, -0.2) is 7.11 Å². The Morgan fingerprint density at radius 1 is 0.472 bits per heavy atom. The zero-order chi connectivity index (χ0) is 27.1. The average Bonchev–Trinajstić information content (AvgIpc) is 3.29. The summed E-state index contributed by atoms with van der Waals surface area (Å²) in [6.07, 6.45) is 0. The number of ether oxygens (including phenoxy) is 1. The van der Waals surface area contributed by atoms with Gasteiger partial charge in [0.15, 0.2) is 0 Å². The first-order valence-corrected chi connectivity index (χ1v) is 13.7. The van der Waals surface area contributed by atoms with Crippen LogP contribution < -0.4 is 4.74 Å². The maximum absolute atomic E-state index is 5.43. The third-order valence-corrected chi connectivity index (χ3v) is 5.96. The predicted molar refractivity (Wildman–Crippen MR) is 160 cm³/mol. The van der Waals surface area contributed by atoms with E-state index < -0.39 is 0 Å². The van der Waals surface area contributed by atoms with Crippen LogP contribution >= 0.6 is 0 Å². The molecule has 0 fully saturated rings. The summed E-state index contributed by atoms with van der Waals surface area (Å²) < 4.78 is 5.43. The first-order valence-electron chi connectivity index (χ1n) is 13.7. The first-order chi connectivity index (χ1) is 17.7. The highest BCUT2D eigenvalue weighted by Crippen LogP contribution is 2.55. The minimum atomic E-state index is -0.326. The van der Waals surface area contributed by atoms with Gasteiger partial charge in [-0.1, -0.05) is 146 Å². The van der Waals surface area contributed by atoms with Gasteiger partial charge >= 0.3 is 0 Å². The van der Waals surface area contributed by atoms with E-state index in [1.165, 1.54) is 38.9 Å². The van der Waals surface area contributed by atoms with Crippen molar-refractivity contribution in [1.29, 1.82) is 0 Å². The summed E-state index contributed by atoms with van der Waals surface area (Å²) in [6, 6.07) is 35.1. The zero-order valence-electron chi connectivity index (χ0n) is 24.1. The van der Waals surface area contributed by atoms with E-state index >= 15 is 0 Å². The van der Waals surface area contributed by atoms with Crippen molar-refractivity contribution in [3.8, 4) is 16.9 Å². The lowest BCUT2D eigenvalue weighted by molar-refractivity contribution is 0.414. The zero-order valence-corrected chi connectivity index (χ0v) is 24.1. The van der Waals surface area contributed by atoms with Crippen molar-refractivity contribution in [2.24, 2.45) is 0 Å². The van der Waals surface area contributed by atoms with Crippen LogP contribution in [0.3, 0.4) is 0 Å². The lowest BCUT2D eigenvalue weighted by atomic mass is 9.67. The van der Waals surface area contributed by atoms with Gasteiger partial charge in [0.05, 0.1) is 12.5 Å². The molecule has 0 aromatic heterocycles. The fourth-order valence-corrected chi connectivity index (χ4v) is 4.67. The summed E-state index contributed by atoms with van der Waals surface area (Å²) in [6.45, 7) is 18.1. The minimum Gasteiger partial charge on any atom is -0.497 e. The Balaban J connectivity index is 0.000000741. The number of fused-ring (bicyclic) bond motifs is 3. The van der Waals surface area contributed by atoms with Crippen molar-refractivity contribution in [2.75, 3.05) is 7.11 Å². The number of hydrogen-bond donors (Lipinski definition) is 0. The standard InChI is InChI=1S/C27H22O.4C2H6/c1-19-11-13-20(14-12-19)27(21-15-17-22(28-2)18-16-21)25-9-5-3-7-23(25)24-8-4-6-10-26(24)27;4*1-2/h3-18H,1-2H3;4*1-2H3. The summed E-state index contributed by atoms with van der Waals surface area (Å²) in [7, 11) is 1.71. The Labute approximate surface area is 221 Å². The van der Waals surface area contributed by atoms with Gasteiger partial charge < -0.3 is 4.74 Å². The topological polar surface area (TPSA) is 9.23 Å². The third kappa shape index (κ3) is 5.73. The van der Waals surface area contributed by atoms with E-state index in [4.69, 9.17) is 4.74 Å². The summed E-state index contributed by atoms with van der Waals surface area (Å²) in [5, 5.41) is 0. The molecule has 1 heteroatoms. The fraction of sp³-hybridized carbons (Fsp3) is 0.314. The molecule has 0 unspecified atom stereocenters. The Hall–Kier alpha value is -3.32. The maximum Gasteiger partial charge on any atom is 0.118 e. The lowest BCUT2D eigenvalue weighted by Crippen LogP contribution is -2.28. The van der Waals surface area contributed by atoms with Gasteiger partial charge in [-0.2, -0.15) is 0 Å². The molecule has 0 spiro atoms. The first kappa shape index (κ1) is 30.7. The lowest BCUT2D eigenvalue weighted by Gasteiger charge is -2.34. The van der Waals surface area contributed by atoms with Crippen LogP contribution in [0.1, 0.15) is 83.2 Å². The molecule has 1 nitrogen and oxygen atoms in total. The van der Waals surface area contributed by atoms with Crippen molar-refractivity contribution in [3.05, 3.63) is 125 Å². The summed E-state index contributed by atoms with van der Waals surface area (Å²) in [5.41, 5.74) is 8.80. The molecular weight excluding hydrogens is 436 g/mol. The van der Waals surface area contributed by atoms with Crippen molar-refractivity contribution in [2.45, 2.75) is 67.7 Å². The summed E-state index contributed by atoms with van der Waals surface area (Å²) >= 11 is 0. The Morgan fingerprint density at radius 3 is 1.22 bits per heavy atom. The van der Waals surface area contributed by atoms with Crippen LogP contribution in [0.15, 0.2) is 97.1 Å².